The number of rotatable bonds is 6. The Morgan fingerprint density at radius 2 is 1.84 bits per heavy atom. The molecule has 0 bridgehead atoms. The van der Waals surface area contributed by atoms with Crippen molar-refractivity contribution in [2.75, 3.05) is 54.5 Å². The normalized spacial score (nSPS) is 14.7. The van der Waals surface area contributed by atoms with E-state index in [-0.39, 0.29) is 0 Å². The molecule has 5 nitrogen and oxygen atoms in total. The molecule has 0 radical (unpaired) electrons. The molecule has 2 aromatic rings. The van der Waals surface area contributed by atoms with Crippen molar-refractivity contribution in [2.24, 2.45) is 0 Å². The molecule has 0 spiro atoms. The highest BCUT2D eigenvalue weighted by Gasteiger charge is 2.19. The van der Waals surface area contributed by atoms with Gasteiger partial charge in [0.2, 0.25) is 0 Å². The van der Waals surface area contributed by atoms with Crippen LogP contribution in [0.4, 0.5) is 17.3 Å². The van der Waals surface area contributed by atoms with E-state index in [9.17, 15) is 0 Å². The fourth-order valence-corrected chi connectivity index (χ4v) is 3.28. The second kappa shape index (κ2) is 8.39. The predicted molar refractivity (Wildman–Crippen MR) is 106 cm³/mol. The first-order valence-corrected chi connectivity index (χ1v) is 9.34. The van der Waals surface area contributed by atoms with Gasteiger partial charge in [-0.2, -0.15) is 0 Å². The lowest BCUT2D eigenvalue weighted by Crippen LogP contribution is -2.46. The smallest absolute Gasteiger partial charge is 0.134 e. The van der Waals surface area contributed by atoms with Gasteiger partial charge in [0.25, 0.3) is 0 Å². The summed E-state index contributed by atoms with van der Waals surface area (Å²) in [5, 5.41) is 0.787. The van der Waals surface area contributed by atoms with E-state index in [0.717, 1.165) is 49.4 Å². The van der Waals surface area contributed by atoms with Crippen LogP contribution in [0.1, 0.15) is 19.8 Å². The monoisotopic (exact) mass is 359 g/mol. The lowest BCUT2D eigenvalue weighted by atomic mass is 10.2. The summed E-state index contributed by atoms with van der Waals surface area (Å²) >= 11 is 6.11. The first kappa shape index (κ1) is 17.8. The number of nitrogens with zero attached hydrogens (tertiary/aromatic N) is 5. The van der Waals surface area contributed by atoms with Crippen LogP contribution in [-0.2, 0) is 0 Å². The molecule has 1 aliphatic heterocycles. The predicted octanol–water partition coefficient (Wildman–Crippen LogP) is 3.69. The van der Waals surface area contributed by atoms with Crippen molar-refractivity contribution >= 4 is 28.9 Å². The average Bonchev–Trinajstić information content (AvgIpc) is 2.66. The summed E-state index contributed by atoms with van der Waals surface area (Å²) < 4.78 is 0. The van der Waals surface area contributed by atoms with Gasteiger partial charge in [0.1, 0.15) is 18.0 Å². The fourth-order valence-electron chi connectivity index (χ4n) is 3.10. The average molecular weight is 360 g/mol. The van der Waals surface area contributed by atoms with Crippen LogP contribution in [0.15, 0.2) is 36.7 Å². The Morgan fingerprint density at radius 1 is 1.08 bits per heavy atom. The van der Waals surface area contributed by atoms with Crippen molar-refractivity contribution in [2.45, 2.75) is 19.8 Å². The second-order valence-corrected chi connectivity index (χ2v) is 6.90. The molecule has 0 atom stereocenters. The van der Waals surface area contributed by atoms with Gasteiger partial charge in [-0.15, -0.1) is 0 Å². The minimum absolute atomic E-state index is 0.787. The third-order valence-corrected chi connectivity index (χ3v) is 4.89. The van der Waals surface area contributed by atoms with Crippen molar-refractivity contribution in [1.82, 2.24) is 9.97 Å². The van der Waals surface area contributed by atoms with E-state index in [1.165, 1.54) is 18.5 Å². The zero-order chi connectivity index (χ0) is 17.6. The second-order valence-electron chi connectivity index (χ2n) is 6.46. The maximum atomic E-state index is 6.11. The molecule has 1 aliphatic rings. The number of hydrogen-bond acceptors (Lipinski definition) is 5. The summed E-state index contributed by atoms with van der Waals surface area (Å²) in [5.74, 6) is 2.01. The van der Waals surface area contributed by atoms with Crippen LogP contribution in [0.5, 0.6) is 0 Å². The Morgan fingerprint density at radius 3 is 2.56 bits per heavy atom. The van der Waals surface area contributed by atoms with Crippen molar-refractivity contribution in [1.29, 1.82) is 0 Å². The maximum Gasteiger partial charge on any atom is 0.134 e. The van der Waals surface area contributed by atoms with Gasteiger partial charge in [-0.05, 0) is 24.6 Å². The van der Waals surface area contributed by atoms with Gasteiger partial charge in [-0.1, -0.05) is 31.0 Å². The van der Waals surface area contributed by atoms with Crippen LogP contribution >= 0.6 is 11.6 Å². The van der Waals surface area contributed by atoms with Gasteiger partial charge in [0.15, 0.2) is 0 Å². The van der Waals surface area contributed by atoms with Crippen LogP contribution in [0.25, 0.3) is 0 Å². The van der Waals surface area contributed by atoms with Gasteiger partial charge in [-0.25, -0.2) is 9.97 Å². The Bertz CT molecular complexity index is 685. The van der Waals surface area contributed by atoms with Crippen molar-refractivity contribution in [3.05, 3.63) is 41.7 Å². The van der Waals surface area contributed by atoms with E-state index in [2.05, 4.69) is 50.8 Å². The third kappa shape index (κ3) is 4.54. The zero-order valence-corrected chi connectivity index (χ0v) is 15.8. The Hall–Kier alpha value is -2.01. The molecular weight excluding hydrogens is 334 g/mol. The molecule has 6 heteroatoms. The number of piperazine rings is 1. The summed E-state index contributed by atoms with van der Waals surface area (Å²) in [4.78, 5) is 15.8. The molecule has 1 saturated heterocycles. The number of benzene rings is 1. The lowest BCUT2D eigenvalue weighted by Gasteiger charge is -2.37. The Labute approximate surface area is 155 Å². The van der Waals surface area contributed by atoms with E-state index in [4.69, 9.17) is 11.6 Å². The number of unbranched alkanes of at least 4 members (excludes halogenated alkanes) is 1. The molecule has 0 unspecified atom stereocenters. The number of hydrogen-bond donors (Lipinski definition) is 0. The van der Waals surface area contributed by atoms with Crippen LogP contribution in [0.2, 0.25) is 5.02 Å². The molecular formula is C19H26ClN5. The molecule has 0 N–H and O–H groups in total. The van der Waals surface area contributed by atoms with Crippen molar-refractivity contribution in [3.63, 3.8) is 0 Å². The molecule has 0 saturated carbocycles. The van der Waals surface area contributed by atoms with Gasteiger partial charge < -0.3 is 14.7 Å². The van der Waals surface area contributed by atoms with E-state index in [1.807, 2.05) is 18.2 Å². The molecule has 134 valence electrons. The molecule has 2 heterocycles. The highest BCUT2D eigenvalue weighted by Crippen LogP contribution is 2.23. The third-order valence-electron chi connectivity index (χ3n) is 4.65. The van der Waals surface area contributed by atoms with Crippen molar-refractivity contribution < 1.29 is 0 Å². The van der Waals surface area contributed by atoms with Crippen molar-refractivity contribution in [3.8, 4) is 0 Å². The molecule has 1 fully saturated rings. The Kier molecular flexibility index (Phi) is 5.97. The van der Waals surface area contributed by atoms with E-state index >= 15 is 0 Å². The first-order valence-electron chi connectivity index (χ1n) is 8.96. The van der Waals surface area contributed by atoms with Gasteiger partial charge in [0, 0.05) is 56.5 Å². The fraction of sp³-hybridized carbons (Fsp3) is 0.474. The summed E-state index contributed by atoms with van der Waals surface area (Å²) in [6.45, 7) is 7.05. The topological polar surface area (TPSA) is 35.5 Å². The molecule has 0 aliphatic carbocycles. The number of aromatic nitrogens is 2. The quantitative estimate of drug-likeness (QED) is 0.786. The summed E-state index contributed by atoms with van der Waals surface area (Å²) in [7, 11) is 2.10. The number of halogens is 1. The minimum atomic E-state index is 0.787. The molecule has 1 aromatic carbocycles. The molecule has 25 heavy (non-hydrogen) atoms. The molecule has 0 amide bonds. The highest BCUT2D eigenvalue weighted by atomic mass is 35.5. The summed E-state index contributed by atoms with van der Waals surface area (Å²) in [6.07, 6.45) is 4.04. The Balaban J connectivity index is 1.63. The van der Waals surface area contributed by atoms with Gasteiger partial charge in [0.05, 0.1) is 0 Å². The van der Waals surface area contributed by atoms with E-state index in [0.29, 0.717) is 0 Å². The first-order chi connectivity index (χ1) is 12.2. The van der Waals surface area contributed by atoms with Crippen LogP contribution < -0.4 is 14.7 Å². The zero-order valence-electron chi connectivity index (χ0n) is 15.0. The molecule has 1 aromatic heterocycles. The lowest BCUT2D eigenvalue weighted by molar-refractivity contribution is 0.646. The van der Waals surface area contributed by atoms with Gasteiger partial charge >= 0.3 is 0 Å². The largest absolute Gasteiger partial charge is 0.368 e. The maximum absolute atomic E-state index is 6.11. The summed E-state index contributed by atoms with van der Waals surface area (Å²) in [5.41, 5.74) is 1.19. The van der Waals surface area contributed by atoms with Gasteiger partial charge in [-0.3, -0.25) is 0 Å². The minimum Gasteiger partial charge on any atom is -0.368 e. The van der Waals surface area contributed by atoms with E-state index in [1.54, 1.807) is 6.33 Å². The van der Waals surface area contributed by atoms with Crippen LogP contribution in [0, 0.1) is 0 Å². The van der Waals surface area contributed by atoms with Crippen LogP contribution in [0.3, 0.4) is 0 Å². The number of anilines is 3. The highest BCUT2D eigenvalue weighted by molar-refractivity contribution is 6.30. The van der Waals surface area contributed by atoms with Crippen LogP contribution in [-0.4, -0.2) is 49.7 Å². The SMILES string of the molecule is CCCCN(C)c1cc(N2CCN(c3cccc(Cl)c3)CC2)ncn1. The van der Waals surface area contributed by atoms with E-state index < -0.39 is 0 Å². The molecule has 3 rings (SSSR count). The standard InChI is InChI=1S/C19H26ClN5/c1-3-4-8-23(2)18-14-19(22-15-21-18)25-11-9-24(10-12-25)17-7-5-6-16(20)13-17/h5-7,13-15H,3-4,8-12H2,1-2H3. The summed E-state index contributed by atoms with van der Waals surface area (Å²) in [6, 6.07) is 10.2.